The minimum atomic E-state index is 0.406. The van der Waals surface area contributed by atoms with Crippen molar-refractivity contribution in [3.63, 3.8) is 0 Å². The fourth-order valence-electron chi connectivity index (χ4n) is 0.529. The van der Waals surface area contributed by atoms with Crippen molar-refractivity contribution in [2.75, 3.05) is 6.54 Å². The minimum absolute atomic E-state index is 0.406. The zero-order valence-corrected chi connectivity index (χ0v) is 4.83. The molecule has 3 heteroatoms. The Labute approximate surface area is 48.3 Å². The van der Waals surface area contributed by atoms with Gasteiger partial charge in [-0.2, -0.15) is 0 Å². The van der Waals surface area contributed by atoms with E-state index >= 15 is 0 Å². The number of hydrogen-bond acceptors (Lipinski definition) is 3. The molecule has 1 heterocycles. The molecule has 0 aromatic carbocycles. The quantitative estimate of drug-likeness (QED) is 0.470. The highest BCUT2D eigenvalue weighted by Crippen LogP contribution is 1.95. The van der Waals surface area contributed by atoms with Crippen LogP contribution < -0.4 is 5.73 Å². The first-order chi connectivity index (χ1) is 3.79. The molecular formula is C5H9N3. The molecule has 3 nitrogen and oxygen atoms in total. The van der Waals surface area contributed by atoms with Crippen LogP contribution in [-0.2, 0) is 0 Å². The summed E-state index contributed by atoms with van der Waals surface area (Å²) in [5, 5.41) is 0. The molecule has 1 unspecified atom stereocenters. The van der Waals surface area contributed by atoms with Gasteiger partial charge in [0.2, 0.25) is 5.96 Å². The summed E-state index contributed by atoms with van der Waals surface area (Å²) < 4.78 is 0. The van der Waals surface area contributed by atoms with Gasteiger partial charge in [-0.3, -0.25) is 4.99 Å². The van der Waals surface area contributed by atoms with Crippen molar-refractivity contribution in [3.05, 3.63) is 0 Å². The van der Waals surface area contributed by atoms with Crippen LogP contribution in [0.5, 0.6) is 0 Å². The summed E-state index contributed by atoms with van der Waals surface area (Å²) in [5.41, 5.74) is 5.25. The van der Waals surface area contributed by atoms with Crippen molar-refractivity contribution >= 4 is 12.2 Å². The molecule has 0 aliphatic carbocycles. The van der Waals surface area contributed by atoms with Gasteiger partial charge in [0.25, 0.3) is 0 Å². The fraction of sp³-hybridized carbons (Fsp3) is 0.600. The van der Waals surface area contributed by atoms with Crippen molar-refractivity contribution < 1.29 is 0 Å². The van der Waals surface area contributed by atoms with Crippen molar-refractivity contribution in [2.45, 2.75) is 6.92 Å². The van der Waals surface area contributed by atoms with E-state index in [1.165, 1.54) is 0 Å². The first-order valence-corrected chi connectivity index (χ1v) is 2.63. The summed E-state index contributed by atoms with van der Waals surface area (Å²) in [4.78, 5) is 7.72. The summed E-state index contributed by atoms with van der Waals surface area (Å²) in [6.45, 7) is 2.84. The lowest BCUT2D eigenvalue weighted by Crippen LogP contribution is -2.17. The smallest absolute Gasteiger partial charge is 0.214 e. The normalized spacial score (nSPS) is 27.6. The number of nitrogens with zero attached hydrogens (tertiary/aromatic N) is 2. The van der Waals surface area contributed by atoms with Gasteiger partial charge < -0.3 is 5.73 Å². The SMILES string of the molecule is CC1C=NC(N)=NC1. The molecule has 0 radical (unpaired) electrons. The highest BCUT2D eigenvalue weighted by molar-refractivity contribution is 5.88. The average molecular weight is 111 g/mol. The number of nitrogens with two attached hydrogens (primary N) is 1. The lowest BCUT2D eigenvalue weighted by Gasteiger charge is -2.04. The Morgan fingerprint density at radius 2 is 2.62 bits per heavy atom. The second kappa shape index (κ2) is 1.94. The predicted molar refractivity (Wildman–Crippen MR) is 34.1 cm³/mol. The first-order valence-electron chi connectivity index (χ1n) is 2.63. The molecule has 0 aromatic heterocycles. The van der Waals surface area contributed by atoms with Gasteiger partial charge in [-0.1, -0.05) is 6.92 Å². The highest BCUT2D eigenvalue weighted by Gasteiger charge is 2.00. The van der Waals surface area contributed by atoms with Gasteiger partial charge in [-0.05, 0) is 0 Å². The monoisotopic (exact) mass is 111 g/mol. The number of rotatable bonds is 0. The molecule has 1 aliphatic heterocycles. The Morgan fingerprint density at radius 1 is 1.88 bits per heavy atom. The molecule has 0 fully saturated rings. The molecule has 1 aliphatic rings. The van der Waals surface area contributed by atoms with E-state index in [-0.39, 0.29) is 0 Å². The van der Waals surface area contributed by atoms with Crippen LogP contribution >= 0.6 is 0 Å². The minimum Gasteiger partial charge on any atom is -0.368 e. The van der Waals surface area contributed by atoms with Crippen LogP contribution in [0.15, 0.2) is 9.98 Å². The van der Waals surface area contributed by atoms with Gasteiger partial charge in [0.15, 0.2) is 0 Å². The van der Waals surface area contributed by atoms with Crippen LogP contribution in [0.4, 0.5) is 0 Å². The highest BCUT2D eigenvalue weighted by atomic mass is 15.0. The molecule has 1 atom stereocenters. The molecule has 1 rings (SSSR count). The lowest BCUT2D eigenvalue weighted by molar-refractivity contribution is 0.786. The molecule has 0 aromatic rings. The molecule has 44 valence electrons. The molecule has 8 heavy (non-hydrogen) atoms. The maximum absolute atomic E-state index is 5.25. The second-order valence-corrected chi connectivity index (χ2v) is 1.95. The van der Waals surface area contributed by atoms with Crippen LogP contribution in [0.25, 0.3) is 0 Å². The third kappa shape index (κ3) is 1.05. The Bertz CT molecular complexity index is 137. The average Bonchev–Trinajstić information content (AvgIpc) is 1.77. The zero-order chi connectivity index (χ0) is 5.98. The van der Waals surface area contributed by atoms with Crippen molar-refractivity contribution in [3.8, 4) is 0 Å². The maximum Gasteiger partial charge on any atom is 0.214 e. The number of guanidine groups is 1. The first kappa shape index (κ1) is 5.28. The third-order valence-corrected chi connectivity index (χ3v) is 1.00. The van der Waals surface area contributed by atoms with Crippen LogP contribution in [0, 0.1) is 5.92 Å². The van der Waals surface area contributed by atoms with Crippen LogP contribution in [0.3, 0.4) is 0 Å². The molecular weight excluding hydrogens is 102 g/mol. The summed E-state index contributed by atoms with van der Waals surface area (Å²) in [7, 11) is 0. The van der Waals surface area contributed by atoms with Gasteiger partial charge in [0, 0.05) is 12.1 Å². The maximum atomic E-state index is 5.25. The van der Waals surface area contributed by atoms with E-state index in [9.17, 15) is 0 Å². The van der Waals surface area contributed by atoms with Gasteiger partial charge >= 0.3 is 0 Å². The van der Waals surface area contributed by atoms with Crippen molar-refractivity contribution in [1.29, 1.82) is 0 Å². The molecule has 0 saturated heterocycles. The van der Waals surface area contributed by atoms with E-state index < -0.39 is 0 Å². The summed E-state index contributed by atoms with van der Waals surface area (Å²) in [6.07, 6.45) is 1.82. The fourth-order valence-corrected chi connectivity index (χ4v) is 0.529. The Balaban J connectivity index is 2.58. The summed E-state index contributed by atoms with van der Waals surface area (Å²) >= 11 is 0. The van der Waals surface area contributed by atoms with Gasteiger partial charge in [0.1, 0.15) is 0 Å². The molecule has 0 spiro atoms. The van der Waals surface area contributed by atoms with E-state index in [2.05, 4.69) is 16.9 Å². The molecule has 2 N–H and O–H groups in total. The molecule has 0 bridgehead atoms. The van der Waals surface area contributed by atoms with Crippen molar-refractivity contribution in [2.24, 2.45) is 21.6 Å². The van der Waals surface area contributed by atoms with Gasteiger partial charge in [0.05, 0.1) is 6.54 Å². The van der Waals surface area contributed by atoms with Crippen LogP contribution in [-0.4, -0.2) is 18.7 Å². The molecule has 0 amide bonds. The summed E-state index contributed by atoms with van der Waals surface area (Å²) in [5.74, 6) is 0.866. The van der Waals surface area contributed by atoms with Gasteiger partial charge in [-0.25, -0.2) is 4.99 Å². The lowest BCUT2D eigenvalue weighted by atomic mass is 10.2. The second-order valence-electron chi connectivity index (χ2n) is 1.95. The standard InChI is InChI=1S/C5H9N3/c1-4-2-7-5(6)8-3-4/h2,4H,3H2,1H3,(H2,6,8). The Hall–Kier alpha value is -0.860. The zero-order valence-electron chi connectivity index (χ0n) is 4.83. The van der Waals surface area contributed by atoms with Crippen molar-refractivity contribution in [1.82, 2.24) is 0 Å². The topological polar surface area (TPSA) is 50.7 Å². The largest absolute Gasteiger partial charge is 0.368 e. The van der Waals surface area contributed by atoms with E-state index in [0.717, 1.165) is 6.54 Å². The van der Waals surface area contributed by atoms with Gasteiger partial charge in [-0.15, -0.1) is 0 Å². The van der Waals surface area contributed by atoms with Crippen LogP contribution in [0.2, 0.25) is 0 Å². The third-order valence-electron chi connectivity index (χ3n) is 1.00. The Morgan fingerprint density at radius 3 is 3.00 bits per heavy atom. The summed E-state index contributed by atoms with van der Waals surface area (Å²) in [6, 6.07) is 0. The van der Waals surface area contributed by atoms with E-state index in [0.29, 0.717) is 11.9 Å². The Kier molecular flexibility index (Phi) is 1.28. The van der Waals surface area contributed by atoms with Crippen LogP contribution in [0.1, 0.15) is 6.92 Å². The van der Waals surface area contributed by atoms with E-state index in [1.54, 1.807) is 0 Å². The van der Waals surface area contributed by atoms with E-state index in [4.69, 9.17) is 5.73 Å². The van der Waals surface area contributed by atoms with E-state index in [1.807, 2.05) is 6.21 Å². The molecule has 0 saturated carbocycles. The number of aliphatic imine (C=N–C) groups is 2. The number of hydrogen-bond donors (Lipinski definition) is 1. The predicted octanol–water partition coefficient (Wildman–Crippen LogP) is 0.0216.